The van der Waals surface area contributed by atoms with Crippen molar-refractivity contribution < 1.29 is 4.79 Å². The van der Waals surface area contributed by atoms with E-state index in [1.54, 1.807) is 24.3 Å². The Bertz CT molecular complexity index is 698. The molecule has 0 unspecified atom stereocenters. The van der Waals surface area contributed by atoms with Gasteiger partial charge in [0.05, 0.1) is 6.20 Å². The number of fused-ring (bicyclic) bond motifs is 2. The van der Waals surface area contributed by atoms with Gasteiger partial charge in [-0.3, -0.25) is 9.78 Å². The minimum Gasteiger partial charge on any atom is -0.287 e. The number of aryl methyl sites for hydroxylation is 2. The molecule has 0 spiro atoms. The second-order valence-corrected chi connectivity index (χ2v) is 4.86. The molecular formula is C14H9ClN2O2. The van der Waals surface area contributed by atoms with Crippen LogP contribution in [-0.2, 0) is 12.8 Å². The van der Waals surface area contributed by atoms with Crippen molar-refractivity contribution in [3.8, 4) is 0 Å². The molecule has 1 aliphatic carbocycles. The van der Waals surface area contributed by atoms with Gasteiger partial charge in [-0.25, -0.2) is 0 Å². The Labute approximate surface area is 114 Å². The maximum atomic E-state index is 12.4. The summed E-state index contributed by atoms with van der Waals surface area (Å²) in [4.78, 5) is 27.0. The van der Waals surface area contributed by atoms with Crippen LogP contribution >= 0.6 is 11.6 Å². The first-order valence-corrected chi connectivity index (χ1v) is 6.22. The summed E-state index contributed by atoms with van der Waals surface area (Å²) >= 11 is 5.95. The van der Waals surface area contributed by atoms with E-state index < -0.39 is 0 Å². The van der Waals surface area contributed by atoms with Crippen LogP contribution in [0.1, 0.15) is 27.2 Å². The van der Waals surface area contributed by atoms with Gasteiger partial charge in [-0.1, -0.05) is 11.6 Å². The van der Waals surface area contributed by atoms with E-state index in [4.69, 9.17) is 11.6 Å². The predicted octanol–water partition coefficient (Wildman–Crippen LogP) is 3.46. The Morgan fingerprint density at radius 1 is 1.16 bits per heavy atom. The molecule has 0 saturated heterocycles. The van der Waals surface area contributed by atoms with Crippen LogP contribution in [0.4, 0.5) is 5.69 Å². The fourth-order valence-electron chi connectivity index (χ4n) is 2.33. The lowest BCUT2D eigenvalue weighted by Gasteiger charge is -2.04. The molecule has 2 aromatic rings. The maximum absolute atomic E-state index is 12.4. The lowest BCUT2D eigenvalue weighted by atomic mass is 10.0. The molecule has 0 aliphatic heterocycles. The van der Waals surface area contributed by atoms with Crippen LogP contribution in [0.25, 0.3) is 0 Å². The van der Waals surface area contributed by atoms with Crippen LogP contribution in [0.15, 0.2) is 35.6 Å². The van der Waals surface area contributed by atoms with Gasteiger partial charge in [0.25, 0.3) is 0 Å². The van der Waals surface area contributed by atoms with Crippen LogP contribution in [0, 0.1) is 4.91 Å². The number of rotatable bonds is 1. The summed E-state index contributed by atoms with van der Waals surface area (Å²) < 4.78 is 0. The van der Waals surface area contributed by atoms with E-state index >= 15 is 0 Å². The monoisotopic (exact) mass is 272 g/mol. The van der Waals surface area contributed by atoms with E-state index in [1.807, 2.05) is 0 Å². The lowest BCUT2D eigenvalue weighted by molar-refractivity contribution is 0.103. The highest BCUT2D eigenvalue weighted by Crippen LogP contribution is 2.27. The molecule has 0 bridgehead atoms. The number of carbonyl (C=O) groups excluding carboxylic acids is 1. The van der Waals surface area contributed by atoms with Crippen molar-refractivity contribution in [2.45, 2.75) is 12.8 Å². The SMILES string of the molecule is O=Nc1cnc2c(c1)CCc1cc(Cl)ccc1C2=O. The second kappa shape index (κ2) is 4.55. The standard InChI is InChI=1S/C14H9ClN2O2/c15-10-3-4-12-8(5-10)1-2-9-6-11(17-19)7-16-13(9)14(12)18/h3-7H,1-2H2. The minimum atomic E-state index is -0.128. The topological polar surface area (TPSA) is 59.4 Å². The number of benzene rings is 1. The Hall–Kier alpha value is -2.07. The van der Waals surface area contributed by atoms with Crippen LogP contribution in [0.2, 0.25) is 5.02 Å². The zero-order valence-corrected chi connectivity index (χ0v) is 10.6. The van der Waals surface area contributed by atoms with Crippen molar-refractivity contribution in [1.82, 2.24) is 4.98 Å². The van der Waals surface area contributed by atoms with Gasteiger partial charge in [0.15, 0.2) is 0 Å². The third kappa shape index (κ3) is 2.04. The summed E-state index contributed by atoms with van der Waals surface area (Å²) in [5.74, 6) is -0.128. The number of hydrogen-bond donors (Lipinski definition) is 0. The van der Waals surface area contributed by atoms with E-state index in [0.29, 0.717) is 29.1 Å². The number of nitrogens with zero attached hydrogens (tertiary/aromatic N) is 2. The molecule has 3 rings (SSSR count). The van der Waals surface area contributed by atoms with Gasteiger partial charge >= 0.3 is 0 Å². The van der Waals surface area contributed by atoms with E-state index in [9.17, 15) is 9.70 Å². The molecule has 0 amide bonds. The van der Waals surface area contributed by atoms with Crippen LogP contribution in [-0.4, -0.2) is 10.8 Å². The molecule has 19 heavy (non-hydrogen) atoms. The van der Waals surface area contributed by atoms with Gasteiger partial charge in [-0.05, 0) is 53.4 Å². The number of halogens is 1. The molecular weight excluding hydrogens is 264 g/mol. The number of carbonyl (C=O) groups is 1. The maximum Gasteiger partial charge on any atom is 0.211 e. The van der Waals surface area contributed by atoms with Gasteiger partial charge in [0.2, 0.25) is 5.78 Å². The first-order valence-electron chi connectivity index (χ1n) is 5.84. The normalized spacial score (nSPS) is 13.4. The van der Waals surface area contributed by atoms with Crippen molar-refractivity contribution in [2.75, 3.05) is 0 Å². The quantitative estimate of drug-likeness (QED) is 0.747. The van der Waals surface area contributed by atoms with E-state index in [-0.39, 0.29) is 11.5 Å². The third-order valence-electron chi connectivity index (χ3n) is 3.25. The van der Waals surface area contributed by atoms with Gasteiger partial charge in [0.1, 0.15) is 11.4 Å². The van der Waals surface area contributed by atoms with Crippen LogP contribution < -0.4 is 0 Å². The van der Waals surface area contributed by atoms with Crippen molar-refractivity contribution in [2.24, 2.45) is 5.18 Å². The molecule has 1 aliphatic rings. The van der Waals surface area contributed by atoms with Gasteiger partial charge in [0, 0.05) is 10.6 Å². The molecule has 1 aromatic carbocycles. The van der Waals surface area contributed by atoms with Gasteiger partial charge in [-0.15, -0.1) is 4.91 Å². The summed E-state index contributed by atoms with van der Waals surface area (Å²) in [5, 5.41) is 3.46. The highest BCUT2D eigenvalue weighted by atomic mass is 35.5. The molecule has 0 atom stereocenters. The van der Waals surface area contributed by atoms with E-state index in [2.05, 4.69) is 10.2 Å². The molecule has 0 N–H and O–H groups in total. The summed E-state index contributed by atoms with van der Waals surface area (Å²) in [5.41, 5.74) is 2.94. The summed E-state index contributed by atoms with van der Waals surface area (Å²) in [6.45, 7) is 0. The molecule has 0 saturated carbocycles. The molecule has 5 heteroatoms. The Kier molecular flexibility index (Phi) is 2.87. The Balaban J connectivity index is 2.16. The Morgan fingerprint density at radius 2 is 1.95 bits per heavy atom. The summed E-state index contributed by atoms with van der Waals surface area (Å²) in [7, 11) is 0. The minimum absolute atomic E-state index is 0.128. The number of ketones is 1. The van der Waals surface area contributed by atoms with Crippen LogP contribution in [0.3, 0.4) is 0 Å². The van der Waals surface area contributed by atoms with Crippen molar-refractivity contribution in [1.29, 1.82) is 0 Å². The molecule has 0 radical (unpaired) electrons. The molecule has 0 fully saturated rings. The molecule has 1 aromatic heterocycles. The average molecular weight is 273 g/mol. The predicted molar refractivity (Wildman–Crippen MR) is 72.0 cm³/mol. The number of aromatic nitrogens is 1. The summed E-state index contributed by atoms with van der Waals surface area (Å²) in [6, 6.07) is 6.85. The first-order chi connectivity index (χ1) is 9.19. The fourth-order valence-corrected chi connectivity index (χ4v) is 2.52. The number of hydrogen-bond acceptors (Lipinski definition) is 4. The van der Waals surface area contributed by atoms with Gasteiger partial charge < -0.3 is 0 Å². The van der Waals surface area contributed by atoms with Gasteiger partial charge in [-0.2, -0.15) is 0 Å². The zero-order valence-electron chi connectivity index (χ0n) is 9.89. The van der Waals surface area contributed by atoms with Crippen molar-refractivity contribution in [3.63, 3.8) is 0 Å². The Morgan fingerprint density at radius 3 is 2.74 bits per heavy atom. The number of nitroso groups, excluding NO2 is 1. The second-order valence-electron chi connectivity index (χ2n) is 4.42. The van der Waals surface area contributed by atoms with Crippen molar-refractivity contribution >= 4 is 23.1 Å². The third-order valence-corrected chi connectivity index (χ3v) is 3.48. The number of pyridine rings is 1. The molecule has 4 nitrogen and oxygen atoms in total. The molecule has 1 heterocycles. The molecule has 94 valence electrons. The highest BCUT2D eigenvalue weighted by Gasteiger charge is 2.22. The lowest BCUT2D eigenvalue weighted by Crippen LogP contribution is -2.06. The highest BCUT2D eigenvalue weighted by molar-refractivity contribution is 6.30. The van der Waals surface area contributed by atoms with Crippen molar-refractivity contribution in [3.05, 3.63) is 62.8 Å². The largest absolute Gasteiger partial charge is 0.287 e. The first kappa shape index (κ1) is 12.0. The summed E-state index contributed by atoms with van der Waals surface area (Å²) in [6.07, 6.45) is 2.66. The fraction of sp³-hybridized carbons (Fsp3) is 0.143. The van der Waals surface area contributed by atoms with E-state index in [1.165, 1.54) is 6.20 Å². The average Bonchev–Trinajstić information content (AvgIpc) is 2.56. The van der Waals surface area contributed by atoms with Crippen LogP contribution in [0.5, 0.6) is 0 Å². The van der Waals surface area contributed by atoms with E-state index in [0.717, 1.165) is 11.1 Å². The smallest absolute Gasteiger partial charge is 0.211 e. The zero-order chi connectivity index (χ0) is 13.4.